The van der Waals surface area contributed by atoms with E-state index < -0.39 is 84.1 Å². The molecule has 0 spiro atoms. The molecule has 0 amide bonds. The molecule has 0 aliphatic rings. The van der Waals surface area contributed by atoms with Crippen LogP contribution >= 0.6 is 0 Å². The zero-order valence-electron chi connectivity index (χ0n) is 16.8. The summed E-state index contributed by atoms with van der Waals surface area (Å²) in [5.74, 6) is -85.5. The second-order valence-electron chi connectivity index (χ2n) is 7.27. The molecule has 0 radical (unpaired) electrons. The van der Waals surface area contributed by atoms with Gasteiger partial charge in [-0.1, -0.05) is 6.58 Å². The Labute approximate surface area is 189 Å². The van der Waals surface area contributed by atoms with Crippen molar-refractivity contribution < 1.29 is 97.7 Å². The van der Waals surface area contributed by atoms with Gasteiger partial charge in [0.1, 0.15) is 0 Å². The number of carbonyl (C=O) groups is 1. The molecule has 0 unspecified atom stereocenters. The Balaban J connectivity index is 7.05. The maximum atomic E-state index is 13.6. The van der Waals surface area contributed by atoms with Gasteiger partial charge in [-0.15, -0.1) is 0 Å². The third-order valence-corrected chi connectivity index (χ3v) is 4.51. The summed E-state index contributed by atoms with van der Waals surface area (Å²) in [4.78, 5) is 10.3. The minimum atomic E-state index is -9.11. The molecule has 0 atom stereocenters. The maximum absolute atomic E-state index is 13.6. The molecule has 0 heterocycles. The highest BCUT2D eigenvalue weighted by molar-refractivity contribution is 5.85. The van der Waals surface area contributed by atoms with Crippen LogP contribution < -0.4 is 0 Å². The van der Waals surface area contributed by atoms with Crippen LogP contribution in [0.25, 0.3) is 0 Å². The minimum absolute atomic E-state index is 1.40. The Morgan fingerprint density at radius 1 is 0.514 bits per heavy atom. The van der Waals surface area contributed by atoms with Crippen LogP contribution in [0.4, 0.5) is 87.8 Å². The first-order valence-electron chi connectivity index (χ1n) is 8.27. The van der Waals surface area contributed by atoms with E-state index in [1.165, 1.54) is 0 Å². The number of hydrogen-bond donors (Lipinski definition) is 1. The molecule has 0 aromatic heterocycles. The van der Waals surface area contributed by atoms with Crippen molar-refractivity contribution in [2.24, 2.45) is 0 Å². The van der Waals surface area contributed by atoms with Gasteiger partial charge in [0.25, 0.3) is 0 Å². The van der Waals surface area contributed by atoms with Crippen LogP contribution in [0.15, 0.2) is 12.2 Å². The van der Waals surface area contributed by atoms with Crippen molar-refractivity contribution in [3.8, 4) is 0 Å². The van der Waals surface area contributed by atoms with Crippen molar-refractivity contribution in [3.05, 3.63) is 12.2 Å². The van der Waals surface area contributed by atoms with E-state index in [0.29, 0.717) is 0 Å². The van der Waals surface area contributed by atoms with E-state index in [4.69, 9.17) is 5.11 Å². The second-order valence-corrected chi connectivity index (χ2v) is 7.27. The molecule has 0 aromatic rings. The average Bonchev–Trinajstić information content (AvgIpc) is 2.65. The Morgan fingerprint density at radius 2 is 0.730 bits per heavy atom. The normalized spacial score (nSPS) is 16.1. The third kappa shape index (κ3) is 4.44. The number of hydrogen-bond acceptors (Lipinski definition) is 1. The van der Waals surface area contributed by atoms with E-state index in [0.717, 1.165) is 0 Å². The standard InChI is InChI=1S/C15H8F20O2/c1-4(5(36)37)3-7(18,19)9(22,23)11(26,27)13(30,31)15(34,35)14(32,33)12(28,29)10(24,25)8(20,21)6(2,16)17/h1,3H2,2H3,(H,36,37). The van der Waals surface area contributed by atoms with Gasteiger partial charge in [0.15, 0.2) is 0 Å². The predicted molar refractivity (Wildman–Crippen MR) is 76.5 cm³/mol. The van der Waals surface area contributed by atoms with Gasteiger partial charge >= 0.3 is 65.2 Å². The number of carboxylic acid groups (broad SMARTS) is 1. The topological polar surface area (TPSA) is 37.3 Å². The van der Waals surface area contributed by atoms with Crippen molar-refractivity contribution in [2.75, 3.05) is 0 Å². The number of carboxylic acids is 1. The van der Waals surface area contributed by atoms with Gasteiger partial charge in [0.2, 0.25) is 0 Å². The molecule has 220 valence electrons. The van der Waals surface area contributed by atoms with E-state index >= 15 is 0 Å². The fourth-order valence-electron chi connectivity index (χ4n) is 2.14. The average molecular weight is 600 g/mol. The first-order chi connectivity index (χ1) is 15.6. The Bertz CT molecular complexity index is 896. The molecule has 0 bridgehead atoms. The highest BCUT2D eigenvalue weighted by Crippen LogP contribution is 2.66. The third-order valence-electron chi connectivity index (χ3n) is 4.51. The largest absolute Gasteiger partial charge is 0.478 e. The van der Waals surface area contributed by atoms with E-state index in [1.54, 1.807) is 0 Å². The van der Waals surface area contributed by atoms with Gasteiger partial charge in [-0.3, -0.25) is 0 Å². The number of aliphatic carboxylic acids is 1. The zero-order chi connectivity index (χ0) is 30.9. The van der Waals surface area contributed by atoms with Gasteiger partial charge < -0.3 is 5.11 Å². The second kappa shape index (κ2) is 8.67. The molecule has 0 saturated carbocycles. The molecule has 0 aromatic carbocycles. The summed E-state index contributed by atoms with van der Waals surface area (Å²) in [5, 5.41) is 8.20. The fraction of sp³-hybridized carbons (Fsp3) is 0.800. The van der Waals surface area contributed by atoms with Crippen LogP contribution in [0.5, 0.6) is 0 Å². The molecule has 1 N–H and O–H groups in total. The maximum Gasteiger partial charge on any atom is 0.385 e. The summed E-state index contributed by atoms with van der Waals surface area (Å²) in [6, 6.07) is 0. The van der Waals surface area contributed by atoms with Crippen LogP contribution in [-0.4, -0.2) is 70.3 Å². The van der Waals surface area contributed by atoms with Crippen molar-refractivity contribution in [3.63, 3.8) is 0 Å². The molecule has 2 nitrogen and oxygen atoms in total. The molecule has 22 heteroatoms. The molecular weight excluding hydrogens is 592 g/mol. The monoisotopic (exact) mass is 600 g/mol. The van der Waals surface area contributed by atoms with Gasteiger partial charge in [-0.25, -0.2) is 4.79 Å². The molecular formula is C15H8F20O2. The van der Waals surface area contributed by atoms with Crippen LogP contribution in [0, 0.1) is 0 Å². The molecule has 0 rings (SSSR count). The zero-order valence-corrected chi connectivity index (χ0v) is 16.8. The lowest BCUT2D eigenvalue weighted by Gasteiger charge is -2.45. The number of halogens is 20. The van der Waals surface area contributed by atoms with Crippen molar-refractivity contribution in [2.45, 2.75) is 72.6 Å². The van der Waals surface area contributed by atoms with Gasteiger partial charge in [-0.2, -0.15) is 87.8 Å². The van der Waals surface area contributed by atoms with Crippen molar-refractivity contribution in [1.29, 1.82) is 0 Å². The van der Waals surface area contributed by atoms with Crippen molar-refractivity contribution >= 4 is 5.97 Å². The summed E-state index contributed by atoms with van der Waals surface area (Å²) in [5.41, 5.74) is -2.23. The minimum Gasteiger partial charge on any atom is -0.478 e. The molecule has 0 fully saturated rings. The Kier molecular flexibility index (Phi) is 8.15. The molecule has 0 aliphatic carbocycles. The summed E-state index contributed by atoms with van der Waals surface area (Å²) in [6.07, 6.45) is -3.31. The fourth-order valence-corrected chi connectivity index (χ4v) is 2.14. The Morgan fingerprint density at radius 3 is 0.946 bits per heavy atom. The Hall–Kier alpha value is -2.19. The molecule has 0 saturated heterocycles. The summed E-state index contributed by atoms with van der Waals surface area (Å²) in [6.45, 7) is 0.660. The van der Waals surface area contributed by atoms with Gasteiger partial charge in [0.05, 0.1) is 0 Å². The van der Waals surface area contributed by atoms with E-state index in [2.05, 4.69) is 6.58 Å². The van der Waals surface area contributed by atoms with E-state index in [-0.39, 0.29) is 0 Å². The highest BCUT2D eigenvalue weighted by Gasteiger charge is 2.97. The SMILES string of the molecule is C=C(CC(F)(F)C(F)(F)C(F)(F)C(F)(F)C(F)(F)C(F)(F)C(F)(F)C(F)(F)C(F)(F)C(C)(F)F)C(=O)O. The lowest BCUT2D eigenvalue weighted by Crippen LogP contribution is -2.76. The van der Waals surface area contributed by atoms with Crippen molar-refractivity contribution in [1.82, 2.24) is 0 Å². The first-order valence-corrected chi connectivity index (χ1v) is 8.27. The van der Waals surface area contributed by atoms with Crippen LogP contribution in [0.2, 0.25) is 0 Å². The summed E-state index contributed by atoms with van der Waals surface area (Å²) in [7, 11) is 0. The lowest BCUT2D eigenvalue weighted by atomic mass is 9.85. The van der Waals surface area contributed by atoms with E-state index in [9.17, 15) is 92.6 Å². The summed E-state index contributed by atoms with van der Waals surface area (Å²) >= 11 is 0. The predicted octanol–water partition coefficient (Wildman–Crippen LogP) is 7.39. The smallest absolute Gasteiger partial charge is 0.385 e. The number of rotatable bonds is 12. The summed E-state index contributed by atoms with van der Waals surface area (Å²) < 4.78 is 267. The van der Waals surface area contributed by atoms with Crippen LogP contribution in [0.3, 0.4) is 0 Å². The molecule has 0 aliphatic heterocycles. The molecule has 37 heavy (non-hydrogen) atoms. The van der Waals surface area contributed by atoms with E-state index in [1.807, 2.05) is 0 Å². The van der Waals surface area contributed by atoms with Crippen LogP contribution in [0.1, 0.15) is 13.3 Å². The van der Waals surface area contributed by atoms with Gasteiger partial charge in [-0.05, 0) is 0 Å². The quantitative estimate of drug-likeness (QED) is 0.188. The highest BCUT2D eigenvalue weighted by atomic mass is 19.4. The van der Waals surface area contributed by atoms with Gasteiger partial charge in [0, 0.05) is 18.9 Å². The van der Waals surface area contributed by atoms with Crippen LogP contribution in [-0.2, 0) is 4.79 Å². The number of alkyl halides is 20. The first kappa shape index (κ1) is 34.8. The lowest BCUT2D eigenvalue weighted by molar-refractivity contribution is -0.468.